The molecule has 0 radical (unpaired) electrons. The van der Waals surface area contributed by atoms with Crippen molar-refractivity contribution in [3.63, 3.8) is 0 Å². The summed E-state index contributed by atoms with van der Waals surface area (Å²) in [5.41, 5.74) is 2.97. The smallest absolute Gasteiger partial charge is 0.267 e. The van der Waals surface area contributed by atoms with Gasteiger partial charge >= 0.3 is 0 Å². The van der Waals surface area contributed by atoms with E-state index in [1.165, 1.54) is 0 Å². The van der Waals surface area contributed by atoms with Crippen LogP contribution in [0.5, 0.6) is 0 Å². The van der Waals surface area contributed by atoms with Crippen LogP contribution in [-0.2, 0) is 0 Å². The van der Waals surface area contributed by atoms with E-state index in [2.05, 4.69) is 22.0 Å². The summed E-state index contributed by atoms with van der Waals surface area (Å²) in [4.78, 5) is 26.4. The fourth-order valence-corrected chi connectivity index (χ4v) is 4.14. The third kappa shape index (κ3) is 2.45. The Morgan fingerprint density at radius 1 is 0.828 bits per heavy atom. The van der Waals surface area contributed by atoms with E-state index in [0.29, 0.717) is 33.3 Å². The SMILES string of the molecule is N#Cc1c(-c2ccccc2)n(N2C(=O)c3ccccc3C2=O)c2cc(Br)ccc12. The summed E-state index contributed by atoms with van der Waals surface area (Å²) < 4.78 is 2.35. The Balaban J connectivity index is 1.89. The van der Waals surface area contributed by atoms with Crippen molar-refractivity contribution in [1.82, 2.24) is 4.68 Å². The van der Waals surface area contributed by atoms with E-state index in [0.717, 1.165) is 15.0 Å². The minimum Gasteiger partial charge on any atom is -0.267 e. The van der Waals surface area contributed by atoms with Gasteiger partial charge in [-0.2, -0.15) is 10.3 Å². The normalized spacial score (nSPS) is 13.0. The van der Waals surface area contributed by atoms with Gasteiger partial charge in [-0.1, -0.05) is 64.5 Å². The number of aromatic nitrogens is 1. The van der Waals surface area contributed by atoms with Crippen molar-refractivity contribution < 1.29 is 9.59 Å². The van der Waals surface area contributed by atoms with Gasteiger partial charge in [0.25, 0.3) is 11.8 Å². The van der Waals surface area contributed by atoms with E-state index in [1.807, 2.05) is 48.5 Å². The maximum absolute atomic E-state index is 13.2. The molecule has 0 fully saturated rings. The molecule has 1 aromatic heterocycles. The van der Waals surface area contributed by atoms with Crippen LogP contribution in [0.1, 0.15) is 26.3 Å². The zero-order valence-electron chi connectivity index (χ0n) is 15.0. The molecule has 2 amide bonds. The van der Waals surface area contributed by atoms with Gasteiger partial charge in [-0.3, -0.25) is 9.59 Å². The lowest BCUT2D eigenvalue weighted by atomic mass is 10.1. The molecule has 138 valence electrons. The van der Waals surface area contributed by atoms with Crippen molar-refractivity contribution in [1.29, 1.82) is 5.26 Å². The summed E-state index contributed by atoms with van der Waals surface area (Å²) in [6, 6.07) is 23.8. The first-order valence-electron chi connectivity index (χ1n) is 8.89. The highest BCUT2D eigenvalue weighted by Gasteiger charge is 2.39. The second-order valence-electron chi connectivity index (χ2n) is 6.64. The number of halogens is 1. The van der Waals surface area contributed by atoms with Crippen molar-refractivity contribution in [2.75, 3.05) is 5.01 Å². The van der Waals surface area contributed by atoms with Crippen LogP contribution in [0.2, 0.25) is 0 Å². The number of nitriles is 1. The first-order valence-corrected chi connectivity index (χ1v) is 9.68. The number of carbonyl (C=O) groups is 2. The zero-order valence-corrected chi connectivity index (χ0v) is 16.6. The molecular formula is C23H12BrN3O2. The minimum absolute atomic E-state index is 0.354. The topological polar surface area (TPSA) is 66.1 Å². The largest absolute Gasteiger partial charge is 0.281 e. The molecule has 4 aromatic rings. The molecule has 5 nitrogen and oxygen atoms in total. The average Bonchev–Trinajstić information content (AvgIpc) is 3.20. The van der Waals surface area contributed by atoms with E-state index in [1.54, 1.807) is 28.9 Å². The van der Waals surface area contributed by atoms with Crippen molar-refractivity contribution in [2.45, 2.75) is 0 Å². The second kappa shape index (κ2) is 6.43. The Labute approximate surface area is 174 Å². The van der Waals surface area contributed by atoms with Gasteiger partial charge in [0.15, 0.2) is 0 Å². The maximum Gasteiger partial charge on any atom is 0.281 e. The minimum atomic E-state index is -0.413. The molecule has 0 saturated heterocycles. The van der Waals surface area contributed by atoms with Gasteiger partial charge in [0.1, 0.15) is 6.07 Å². The number of amides is 2. The van der Waals surface area contributed by atoms with Crippen molar-refractivity contribution >= 4 is 38.6 Å². The van der Waals surface area contributed by atoms with Crippen LogP contribution in [0.15, 0.2) is 77.3 Å². The van der Waals surface area contributed by atoms with Gasteiger partial charge in [-0.25, -0.2) is 4.68 Å². The molecule has 0 aliphatic carbocycles. The van der Waals surface area contributed by atoms with E-state index in [-0.39, 0.29) is 0 Å². The summed E-state index contributed by atoms with van der Waals surface area (Å²) in [5, 5.41) is 11.7. The predicted molar refractivity (Wildman–Crippen MR) is 113 cm³/mol. The van der Waals surface area contributed by atoms with E-state index in [9.17, 15) is 14.9 Å². The van der Waals surface area contributed by atoms with Crippen molar-refractivity contribution in [3.8, 4) is 17.3 Å². The summed E-state index contributed by atoms with van der Waals surface area (Å²) >= 11 is 3.46. The van der Waals surface area contributed by atoms with Crippen LogP contribution in [0.3, 0.4) is 0 Å². The number of carbonyl (C=O) groups excluding carboxylic acids is 2. The van der Waals surface area contributed by atoms with E-state index in [4.69, 9.17) is 0 Å². The lowest BCUT2D eigenvalue weighted by Gasteiger charge is -2.20. The highest BCUT2D eigenvalue weighted by molar-refractivity contribution is 9.10. The number of fused-ring (bicyclic) bond motifs is 2. The fraction of sp³-hybridized carbons (Fsp3) is 0. The van der Waals surface area contributed by atoms with Crippen LogP contribution in [0.25, 0.3) is 22.2 Å². The lowest BCUT2D eigenvalue weighted by Crippen LogP contribution is -2.40. The second-order valence-corrected chi connectivity index (χ2v) is 7.56. The summed E-state index contributed by atoms with van der Waals surface area (Å²) in [5.74, 6) is -0.826. The van der Waals surface area contributed by atoms with Crippen LogP contribution < -0.4 is 5.01 Å². The molecule has 0 spiro atoms. The van der Waals surface area contributed by atoms with Gasteiger partial charge in [0.2, 0.25) is 0 Å². The Bertz CT molecular complexity index is 1330. The third-order valence-electron chi connectivity index (χ3n) is 5.04. The van der Waals surface area contributed by atoms with Crippen LogP contribution in [-0.4, -0.2) is 16.5 Å². The summed E-state index contributed by atoms with van der Waals surface area (Å²) in [6.07, 6.45) is 0. The van der Waals surface area contributed by atoms with Gasteiger partial charge < -0.3 is 0 Å². The molecule has 1 aliphatic heterocycles. The predicted octanol–water partition coefficient (Wildman–Crippen LogP) is 4.87. The number of hydrogen-bond donors (Lipinski definition) is 0. The van der Waals surface area contributed by atoms with Crippen molar-refractivity contribution in [2.24, 2.45) is 0 Å². The average molecular weight is 442 g/mol. The van der Waals surface area contributed by atoms with E-state index >= 15 is 0 Å². The number of hydrogen-bond acceptors (Lipinski definition) is 3. The third-order valence-corrected chi connectivity index (χ3v) is 5.53. The molecule has 1 aliphatic rings. The Hall–Kier alpha value is -3.69. The Morgan fingerprint density at radius 2 is 1.45 bits per heavy atom. The molecule has 29 heavy (non-hydrogen) atoms. The molecule has 6 heteroatoms. The van der Waals surface area contributed by atoms with E-state index < -0.39 is 11.8 Å². The van der Waals surface area contributed by atoms with Gasteiger partial charge in [-0.15, -0.1) is 0 Å². The molecule has 3 aromatic carbocycles. The molecule has 0 N–H and O–H groups in total. The van der Waals surface area contributed by atoms with Crippen LogP contribution in [0.4, 0.5) is 0 Å². The first-order chi connectivity index (χ1) is 14.1. The lowest BCUT2D eigenvalue weighted by molar-refractivity contribution is 0.0889. The molecule has 0 atom stereocenters. The summed E-state index contributed by atoms with van der Waals surface area (Å²) in [6.45, 7) is 0. The zero-order chi connectivity index (χ0) is 20.1. The van der Waals surface area contributed by atoms with Gasteiger partial charge in [0, 0.05) is 15.4 Å². The molecular weight excluding hydrogens is 430 g/mol. The van der Waals surface area contributed by atoms with Gasteiger partial charge in [0.05, 0.1) is 27.9 Å². The summed E-state index contributed by atoms with van der Waals surface area (Å²) in [7, 11) is 0. The van der Waals surface area contributed by atoms with Crippen LogP contribution >= 0.6 is 15.9 Å². The number of nitrogens with zero attached hydrogens (tertiary/aromatic N) is 3. The van der Waals surface area contributed by atoms with Crippen molar-refractivity contribution in [3.05, 3.63) is 94.0 Å². The maximum atomic E-state index is 13.2. The molecule has 5 rings (SSSR count). The number of benzene rings is 3. The molecule has 0 unspecified atom stereocenters. The Morgan fingerprint density at radius 3 is 2.07 bits per heavy atom. The fourth-order valence-electron chi connectivity index (χ4n) is 3.79. The van der Waals surface area contributed by atoms with Gasteiger partial charge in [-0.05, 0) is 24.3 Å². The monoisotopic (exact) mass is 441 g/mol. The highest BCUT2D eigenvalue weighted by atomic mass is 79.9. The first kappa shape index (κ1) is 17.4. The Kier molecular flexibility index (Phi) is 3.86. The quantitative estimate of drug-likeness (QED) is 0.416. The number of imide groups is 1. The van der Waals surface area contributed by atoms with Crippen LogP contribution in [0, 0.1) is 11.3 Å². The number of rotatable bonds is 2. The molecule has 0 bridgehead atoms. The molecule has 2 heterocycles. The highest BCUT2D eigenvalue weighted by Crippen LogP contribution is 2.37. The standard InChI is InChI=1S/C23H12BrN3O2/c24-15-10-11-16-19(13-25)21(14-6-2-1-3-7-14)26(20(16)12-15)27-22(28)17-8-4-5-9-18(17)23(27)29/h1-12H. The molecule has 0 saturated carbocycles.